The molecular weight excluding hydrogens is 336 g/mol. The number of methoxy groups -OCH3 is 1. The molecule has 0 saturated carbocycles. The van der Waals surface area contributed by atoms with E-state index < -0.39 is 5.91 Å². The molecule has 0 aliphatic heterocycles. The number of hydrogen-bond donors (Lipinski definition) is 1. The van der Waals surface area contributed by atoms with E-state index in [1.54, 1.807) is 13.2 Å². The molecule has 4 rings (SSSR count). The van der Waals surface area contributed by atoms with Crippen molar-refractivity contribution < 1.29 is 9.53 Å². The molecule has 1 amide bonds. The lowest BCUT2D eigenvalue weighted by molar-refractivity contribution is 0.100. The number of aromatic nitrogens is 1. The normalized spacial score (nSPS) is 11.2. The second kappa shape index (κ2) is 6.47. The lowest BCUT2D eigenvalue weighted by Gasteiger charge is -2.11. The first-order valence-corrected chi connectivity index (χ1v) is 8.94. The molecule has 4 nitrogen and oxygen atoms in total. The maximum atomic E-state index is 12.0. The van der Waals surface area contributed by atoms with Gasteiger partial charge in [0.15, 0.2) is 0 Å². The smallest absolute Gasteiger partial charge is 0.249 e. The van der Waals surface area contributed by atoms with Gasteiger partial charge in [0.25, 0.3) is 0 Å². The Morgan fingerprint density at radius 3 is 2.56 bits per heavy atom. The van der Waals surface area contributed by atoms with Gasteiger partial charge in [-0.1, -0.05) is 30.3 Å². The first-order valence-electron chi connectivity index (χ1n) is 8.94. The zero-order valence-electron chi connectivity index (χ0n) is 15.7. The fourth-order valence-electron chi connectivity index (χ4n) is 3.85. The van der Waals surface area contributed by atoms with Crippen molar-refractivity contribution in [3.8, 4) is 5.75 Å². The van der Waals surface area contributed by atoms with Gasteiger partial charge in [0.2, 0.25) is 5.91 Å². The zero-order chi connectivity index (χ0) is 19.1. The number of amides is 1. The second-order valence-corrected chi connectivity index (χ2v) is 6.97. The van der Waals surface area contributed by atoms with Crippen LogP contribution >= 0.6 is 0 Å². The summed E-state index contributed by atoms with van der Waals surface area (Å²) in [6.07, 6.45) is 0. The molecule has 1 aromatic heterocycles. The highest BCUT2D eigenvalue weighted by Crippen LogP contribution is 2.33. The third-order valence-corrected chi connectivity index (χ3v) is 5.11. The van der Waals surface area contributed by atoms with Crippen LogP contribution in [0.1, 0.15) is 27.0 Å². The molecule has 0 aliphatic carbocycles. The predicted octanol–water partition coefficient (Wildman–Crippen LogP) is 4.57. The first kappa shape index (κ1) is 17.2. The van der Waals surface area contributed by atoms with E-state index in [1.165, 1.54) is 11.1 Å². The van der Waals surface area contributed by atoms with Crippen LogP contribution in [0.5, 0.6) is 5.75 Å². The van der Waals surface area contributed by atoms with E-state index in [2.05, 4.69) is 41.8 Å². The van der Waals surface area contributed by atoms with Gasteiger partial charge in [-0.25, -0.2) is 0 Å². The molecule has 4 aromatic rings. The molecule has 0 fully saturated rings. The molecule has 0 unspecified atom stereocenters. The van der Waals surface area contributed by atoms with E-state index in [0.717, 1.165) is 33.1 Å². The van der Waals surface area contributed by atoms with Crippen molar-refractivity contribution in [2.45, 2.75) is 20.4 Å². The molecule has 136 valence electrons. The van der Waals surface area contributed by atoms with Crippen LogP contribution in [0, 0.1) is 13.8 Å². The number of aryl methyl sites for hydroxylation is 2. The number of fused-ring (bicyclic) bond motifs is 3. The number of benzene rings is 3. The average Bonchev–Trinajstić information content (AvgIpc) is 2.95. The van der Waals surface area contributed by atoms with Gasteiger partial charge in [-0.15, -0.1) is 0 Å². The topological polar surface area (TPSA) is 57.2 Å². The minimum Gasteiger partial charge on any atom is -0.496 e. The van der Waals surface area contributed by atoms with Gasteiger partial charge in [0.05, 0.1) is 12.6 Å². The molecular formula is C23H22N2O2. The van der Waals surface area contributed by atoms with Crippen molar-refractivity contribution in [3.05, 3.63) is 76.9 Å². The monoisotopic (exact) mass is 358 g/mol. The number of ether oxygens (including phenoxy) is 1. The molecule has 0 bridgehead atoms. The molecule has 0 spiro atoms. The van der Waals surface area contributed by atoms with Crippen molar-refractivity contribution in [2.24, 2.45) is 5.73 Å². The van der Waals surface area contributed by atoms with Gasteiger partial charge in [-0.05, 0) is 54.8 Å². The van der Waals surface area contributed by atoms with Crippen LogP contribution in [0.25, 0.3) is 21.8 Å². The number of hydrogen-bond acceptors (Lipinski definition) is 2. The van der Waals surface area contributed by atoms with Gasteiger partial charge < -0.3 is 15.0 Å². The minimum absolute atomic E-state index is 0.402. The summed E-state index contributed by atoms with van der Waals surface area (Å²) in [5, 5.41) is 1.97. The van der Waals surface area contributed by atoms with Crippen molar-refractivity contribution >= 4 is 27.7 Å². The molecule has 3 aromatic carbocycles. The quantitative estimate of drug-likeness (QED) is 0.581. The van der Waals surface area contributed by atoms with Crippen LogP contribution in [0.3, 0.4) is 0 Å². The standard InChI is InChI=1S/C23H22N2O2/c1-14-7-9-17-20(11-14)25(13-16-8-10-21(27-3)15(2)12-16)19-6-4-5-18(22(17)19)23(24)26/h4-12H,13H2,1-3H3,(H2,24,26). The lowest BCUT2D eigenvalue weighted by Crippen LogP contribution is -2.11. The molecule has 0 aliphatic rings. The Morgan fingerprint density at radius 1 is 1.04 bits per heavy atom. The third kappa shape index (κ3) is 2.83. The summed E-state index contributed by atoms with van der Waals surface area (Å²) in [7, 11) is 1.68. The summed E-state index contributed by atoms with van der Waals surface area (Å²) in [6.45, 7) is 4.83. The highest BCUT2D eigenvalue weighted by molar-refractivity contribution is 6.17. The summed E-state index contributed by atoms with van der Waals surface area (Å²) in [5.41, 5.74) is 11.8. The van der Waals surface area contributed by atoms with Gasteiger partial charge in [0, 0.05) is 28.4 Å². The Kier molecular flexibility index (Phi) is 4.11. The first-order chi connectivity index (χ1) is 13.0. The largest absolute Gasteiger partial charge is 0.496 e. The van der Waals surface area contributed by atoms with E-state index in [-0.39, 0.29) is 0 Å². The van der Waals surface area contributed by atoms with E-state index in [1.807, 2.05) is 25.1 Å². The number of carbonyl (C=O) groups is 1. The van der Waals surface area contributed by atoms with E-state index in [9.17, 15) is 4.79 Å². The Bertz CT molecular complexity index is 1190. The van der Waals surface area contributed by atoms with Crippen LogP contribution in [0.4, 0.5) is 0 Å². The minimum atomic E-state index is -0.402. The van der Waals surface area contributed by atoms with Crippen molar-refractivity contribution in [1.29, 1.82) is 0 Å². The SMILES string of the molecule is COc1ccc(Cn2c3cc(C)ccc3c3c(C(N)=O)cccc32)cc1C. The summed E-state index contributed by atoms with van der Waals surface area (Å²) in [4.78, 5) is 12.0. The predicted molar refractivity (Wildman–Crippen MR) is 110 cm³/mol. The molecule has 0 atom stereocenters. The van der Waals surface area contributed by atoms with Crippen molar-refractivity contribution in [3.63, 3.8) is 0 Å². The molecule has 27 heavy (non-hydrogen) atoms. The van der Waals surface area contributed by atoms with Gasteiger partial charge >= 0.3 is 0 Å². The van der Waals surface area contributed by atoms with Gasteiger partial charge in [-0.3, -0.25) is 4.79 Å². The van der Waals surface area contributed by atoms with Crippen LogP contribution in [0.2, 0.25) is 0 Å². The Balaban J connectivity index is 1.98. The number of rotatable bonds is 4. The number of nitrogens with zero attached hydrogens (tertiary/aromatic N) is 1. The average molecular weight is 358 g/mol. The Morgan fingerprint density at radius 2 is 1.85 bits per heavy atom. The van der Waals surface area contributed by atoms with Crippen LogP contribution in [-0.2, 0) is 6.54 Å². The summed E-state index contributed by atoms with van der Waals surface area (Å²) >= 11 is 0. The summed E-state index contributed by atoms with van der Waals surface area (Å²) in [6, 6.07) is 18.3. The number of primary amides is 1. The second-order valence-electron chi connectivity index (χ2n) is 6.97. The zero-order valence-corrected chi connectivity index (χ0v) is 15.7. The molecule has 4 heteroatoms. The number of nitrogens with two attached hydrogens (primary N) is 1. The van der Waals surface area contributed by atoms with Crippen molar-refractivity contribution in [2.75, 3.05) is 7.11 Å². The lowest BCUT2D eigenvalue weighted by atomic mass is 10.1. The van der Waals surface area contributed by atoms with Crippen LogP contribution < -0.4 is 10.5 Å². The third-order valence-electron chi connectivity index (χ3n) is 5.11. The van der Waals surface area contributed by atoms with Crippen LogP contribution in [-0.4, -0.2) is 17.6 Å². The van der Waals surface area contributed by atoms with Gasteiger partial charge in [-0.2, -0.15) is 0 Å². The van der Waals surface area contributed by atoms with E-state index in [4.69, 9.17) is 10.5 Å². The van der Waals surface area contributed by atoms with Crippen LogP contribution in [0.15, 0.2) is 54.6 Å². The highest BCUT2D eigenvalue weighted by atomic mass is 16.5. The Hall–Kier alpha value is -3.27. The Labute approximate surface area is 158 Å². The fraction of sp³-hybridized carbons (Fsp3) is 0.174. The van der Waals surface area contributed by atoms with Crippen molar-refractivity contribution in [1.82, 2.24) is 4.57 Å². The summed E-state index contributed by atoms with van der Waals surface area (Å²) < 4.78 is 7.63. The van der Waals surface area contributed by atoms with Gasteiger partial charge in [0.1, 0.15) is 5.75 Å². The number of carbonyl (C=O) groups excluding carboxylic acids is 1. The molecule has 1 heterocycles. The molecule has 0 radical (unpaired) electrons. The van der Waals surface area contributed by atoms with E-state index in [0.29, 0.717) is 12.1 Å². The maximum absolute atomic E-state index is 12.0. The molecule has 2 N–H and O–H groups in total. The maximum Gasteiger partial charge on any atom is 0.249 e. The molecule has 0 saturated heterocycles. The van der Waals surface area contributed by atoms with E-state index >= 15 is 0 Å². The fourth-order valence-corrected chi connectivity index (χ4v) is 3.85. The highest BCUT2D eigenvalue weighted by Gasteiger charge is 2.16. The summed E-state index contributed by atoms with van der Waals surface area (Å²) in [5.74, 6) is 0.480.